The Morgan fingerprint density at radius 1 is 1.10 bits per heavy atom. The van der Waals surface area contributed by atoms with Crippen molar-refractivity contribution in [2.75, 3.05) is 5.75 Å². The summed E-state index contributed by atoms with van der Waals surface area (Å²) in [4.78, 5) is 30.1. The molecule has 0 saturated carbocycles. The van der Waals surface area contributed by atoms with Gasteiger partial charge in [0, 0.05) is 10.0 Å². The van der Waals surface area contributed by atoms with Gasteiger partial charge >= 0.3 is 0 Å². The van der Waals surface area contributed by atoms with Gasteiger partial charge in [-0.1, -0.05) is 35.0 Å². The molecule has 2 heterocycles. The molecule has 0 aliphatic heterocycles. The molecule has 2 aromatic carbocycles. The number of nitrogens with zero attached hydrogens (tertiary/aromatic N) is 2. The van der Waals surface area contributed by atoms with Gasteiger partial charge in [0.1, 0.15) is 5.76 Å². The molecule has 0 unspecified atom stereocenters. The van der Waals surface area contributed by atoms with Gasteiger partial charge in [-0.3, -0.25) is 14.2 Å². The maximum Gasteiger partial charge on any atom is 0.266 e. The van der Waals surface area contributed by atoms with Crippen LogP contribution in [0.3, 0.4) is 0 Å². The Bertz CT molecular complexity index is 1260. The molecule has 0 aliphatic carbocycles. The van der Waals surface area contributed by atoms with Crippen LogP contribution in [-0.4, -0.2) is 21.2 Å². The Morgan fingerprint density at radius 3 is 2.60 bits per heavy atom. The van der Waals surface area contributed by atoms with E-state index in [1.807, 2.05) is 0 Å². The first-order valence-corrected chi connectivity index (χ1v) is 10.7. The van der Waals surface area contributed by atoms with E-state index in [9.17, 15) is 9.59 Å². The summed E-state index contributed by atoms with van der Waals surface area (Å²) in [6.07, 6.45) is 1.55. The quantitative estimate of drug-likeness (QED) is 0.334. The van der Waals surface area contributed by atoms with E-state index in [0.717, 1.165) is 11.8 Å². The molecule has 9 heteroatoms. The van der Waals surface area contributed by atoms with Crippen molar-refractivity contribution in [3.63, 3.8) is 0 Å². The predicted octanol–water partition coefficient (Wildman–Crippen LogP) is 4.69. The number of halogens is 2. The van der Waals surface area contributed by atoms with Crippen molar-refractivity contribution in [2.45, 2.75) is 11.7 Å². The second-order valence-electron chi connectivity index (χ2n) is 6.32. The second kappa shape index (κ2) is 8.95. The molecule has 0 fully saturated rings. The second-order valence-corrected chi connectivity index (χ2v) is 8.13. The molecule has 0 atom stereocenters. The Kier molecular flexibility index (Phi) is 6.13. The van der Waals surface area contributed by atoms with Gasteiger partial charge in [0.2, 0.25) is 5.91 Å². The van der Waals surface area contributed by atoms with Crippen LogP contribution in [0.5, 0.6) is 0 Å². The molecule has 4 rings (SSSR count). The molecule has 0 bridgehead atoms. The first-order valence-electron chi connectivity index (χ1n) is 8.91. The molecule has 0 radical (unpaired) electrons. The van der Waals surface area contributed by atoms with Gasteiger partial charge in [-0.2, -0.15) is 0 Å². The van der Waals surface area contributed by atoms with Gasteiger partial charge < -0.3 is 9.73 Å². The van der Waals surface area contributed by atoms with Crippen molar-refractivity contribution in [3.05, 3.63) is 87.0 Å². The highest BCUT2D eigenvalue weighted by Gasteiger charge is 2.15. The number of thioether (sulfide) groups is 1. The summed E-state index contributed by atoms with van der Waals surface area (Å²) >= 11 is 13.2. The first-order chi connectivity index (χ1) is 14.5. The molecule has 0 aliphatic rings. The lowest BCUT2D eigenvalue weighted by molar-refractivity contribution is -0.118. The number of carbonyl (C=O) groups excluding carboxylic acids is 1. The van der Waals surface area contributed by atoms with E-state index in [2.05, 4.69) is 10.3 Å². The summed E-state index contributed by atoms with van der Waals surface area (Å²) in [6.45, 7) is 0.289. The molecule has 0 saturated heterocycles. The van der Waals surface area contributed by atoms with Crippen LogP contribution >= 0.6 is 35.0 Å². The minimum absolute atomic E-state index is 0.0762. The minimum atomic E-state index is -0.252. The highest BCUT2D eigenvalue weighted by molar-refractivity contribution is 7.99. The number of carbonyl (C=O) groups is 1. The molecule has 6 nitrogen and oxygen atoms in total. The summed E-state index contributed by atoms with van der Waals surface area (Å²) in [7, 11) is 0. The maximum atomic E-state index is 13.2. The smallest absolute Gasteiger partial charge is 0.266 e. The number of furan rings is 1. The van der Waals surface area contributed by atoms with E-state index >= 15 is 0 Å². The van der Waals surface area contributed by atoms with E-state index in [0.29, 0.717) is 37.6 Å². The van der Waals surface area contributed by atoms with Crippen molar-refractivity contribution in [2.24, 2.45) is 0 Å². The number of nitrogens with one attached hydrogen (secondary N) is 1. The summed E-state index contributed by atoms with van der Waals surface area (Å²) in [5.41, 5.74) is 0.820. The standard InChI is InChI=1S/C21H15Cl2N3O3S/c22-13-3-6-15(7-4-13)26-20(28)17-8-5-14(23)10-18(17)25-21(26)30-12-19(27)24-11-16-2-1-9-29-16/h1-10H,11-12H2,(H,24,27). The average molecular weight is 460 g/mol. The molecule has 0 spiro atoms. The van der Waals surface area contributed by atoms with Gasteiger partial charge in [0.05, 0.1) is 35.2 Å². The fraction of sp³-hybridized carbons (Fsp3) is 0.0952. The summed E-state index contributed by atoms with van der Waals surface area (Å²) in [5.74, 6) is 0.525. The summed E-state index contributed by atoms with van der Waals surface area (Å²) in [5, 5.41) is 4.62. The van der Waals surface area contributed by atoms with E-state index in [1.54, 1.807) is 60.9 Å². The zero-order valence-electron chi connectivity index (χ0n) is 15.5. The zero-order valence-corrected chi connectivity index (χ0v) is 17.8. The molecule has 152 valence electrons. The van der Waals surface area contributed by atoms with Gasteiger partial charge in [-0.05, 0) is 54.6 Å². The Hall–Kier alpha value is -2.74. The number of benzene rings is 2. The van der Waals surface area contributed by atoms with Crippen LogP contribution in [0.2, 0.25) is 10.0 Å². The fourth-order valence-corrected chi connectivity index (χ4v) is 3.97. The number of aromatic nitrogens is 2. The molecular formula is C21H15Cl2N3O3S. The Labute approximate surface area is 185 Å². The summed E-state index contributed by atoms with van der Waals surface area (Å²) in [6, 6.07) is 15.3. The molecular weight excluding hydrogens is 445 g/mol. The largest absolute Gasteiger partial charge is 0.467 e. The highest BCUT2D eigenvalue weighted by Crippen LogP contribution is 2.23. The SMILES string of the molecule is O=C(CSc1nc2cc(Cl)ccc2c(=O)n1-c1ccc(Cl)cc1)NCc1ccco1. The lowest BCUT2D eigenvalue weighted by Gasteiger charge is -2.13. The van der Waals surface area contributed by atoms with Crippen LogP contribution in [0.4, 0.5) is 0 Å². The van der Waals surface area contributed by atoms with Gasteiger partial charge in [-0.25, -0.2) is 4.98 Å². The average Bonchev–Trinajstić information content (AvgIpc) is 3.25. The monoisotopic (exact) mass is 459 g/mol. The van der Waals surface area contributed by atoms with Crippen LogP contribution in [0.15, 0.2) is 75.2 Å². The number of rotatable bonds is 6. The first kappa shape index (κ1) is 20.5. The van der Waals surface area contributed by atoms with Gasteiger partial charge in [-0.15, -0.1) is 0 Å². The van der Waals surface area contributed by atoms with Crippen molar-refractivity contribution in [1.29, 1.82) is 0 Å². The van der Waals surface area contributed by atoms with Crippen LogP contribution in [-0.2, 0) is 11.3 Å². The highest BCUT2D eigenvalue weighted by atomic mass is 35.5. The number of amides is 1. The Morgan fingerprint density at radius 2 is 1.87 bits per heavy atom. The topological polar surface area (TPSA) is 77.1 Å². The van der Waals surface area contributed by atoms with Crippen LogP contribution in [0.25, 0.3) is 16.6 Å². The van der Waals surface area contributed by atoms with E-state index in [1.165, 1.54) is 4.57 Å². The molecule has 30 heavy (non-hydrogen) atoms. The third-order valence-electron chi connectivity index (χ3n) is 4.26. The normalized spacial score (nSPS) is 11.0. The van der Waals surface area contributed by atoms with E-state index in [4.69, 9.17) is 27.6 Å². The number of hydrogen-bond donors (Lipinski definition) is 1. The third kappa shape index (κ3) is 4.53. The van der Waals surface area contributed by atoms with Gasteiger partial charge in [0.15, 0.2) is 5.16 Å². The van der Waals surface area contributed by atoms with Crippen molar-refractivity contribution < 1.29 is 9.21 Å². The predicted molar refractivity (Wildman–Crippen MR) is 119 cm³/mol. The molecule has 4 aromatic rings. The number of hydrogen-bond acceptors (Lipinski definition) is 5. The van der Waals surface area contributed by atoms with Gasteiger partial charge in [0.25, 0.3) is 5.56 Å². The lowest BCUT2D eigenvalue weighted by atomic mass is 10.2. The molecule has 2 aromatic heterocycles. The van der Waals surface area contributed by atoms with Crippen LogP contribution < -0.4 is 10.9 Å². The molecule has 1 N–H and O–H groups in total. The van der Waals surface area contributed by atoms with E-state index in [-0.39, 0.29) is 23.8 Å². The van der Waals surface area contributed by atoms with Crippen molar-refractivity contribution in [1.82, 2.24) is 14.9 Å². The molecule has 1 amide bonds. The Balaban J connectivity index is 1.66. The fourth-order valence-electron chi connectivity index (χ4n) is 2.83. The maximum absolute atomic E-state index is 13.2. The minimum Gasteiger partial charge on any atom is -0.467 e. The van der Waals surface area contributed by atoms with E-state index < -0.39 is 0 Å². The van der Waals surface area contributed by atoms with Crippen molar-refractivity contribution >= 4 is 51.8 Å². The van der Waals surface area contributed by atoms with Crippen LogP contribution in [0, 0.1) is 0 Å². The summed E-state index contributed by atoms with van der Waals surface area (Å²) < 4.78 is 6.68. The third-order valence-corrected chi connectivity index (χ3v) is 5.68. The van der Waals surface area contributed by atoms with Crippen molar-refractivity contribution in [3.8, 4) is 5.69 Å². The zero-order chi connectivity index (χ0) is 21.1. The number of fused-ring (bicyclic) bond motifs is 1. The van der Waals surface area contributed by atoms with Crippen LogP contribution in [0.1, 0.15) is 5.76 Å². The lowest BCUT2D eigenvalue weighted by Crippen LogP contribution is -2.26.